The van der Waals surface area contributed by atoms with E-state index in [1.165, 1.54) is 0 Å². The molecule has 1 aromatic carbocycles. The van der Waals surface area contributed by atoms with E-state index in [0.29, 0.717) is 36.8 Å². The SMILES string of the molecule is O=C1CCCCCN1CC(=O)N1CCC[C@@H]1c1ncc(Cc2ccc(Cl)cc2)o1. The summed E-state index contributed by atoms with van der Waals surface area (Å²) in [7, 11) is 0. The number of hydrogen-bond donors (Lipinski definition) is 0. The first-order chi connectivity index (χ1) is 14.1. The first-order valence-corrected chi connectivity index (χ1v) is 10.7. The normalized spacial score (nSPS) is 20.2. The third-order valence-corrected chi connectivity index (χ3v) is 5.97. The van der Waals surface area contributed by atoms with Crippen LogP contribution in [0.2, 0.25) is 5.02 Å². The first kappa shape index (κ1) is 20.0. The van der Waals surface area contributed by atoms with Crippen molar-refractivity contribution in [3.05, 3.63) is 52.7 Å². The maximum atomic E-state index is 12.9. The van der Waals surface area contributed by atoms with Crippen LogP contribution in [-0.2, 0) is 16.0 Å². The number of nitrogens with zero attached hydrogens (tertiary/aromatic N) is 3. The van der Waals surface area contributed by atoms with Crippen LogP contribution in [0.5, 0.6) is 0 Å². The lowest BCUT2D eigenvalue weighted by Gasteiger charge is -2.26. The van der Waals surface area contributed by atoms with Gasteiger partial charge in [0, 0.05) is 31.0 Å². The Morgan fingerprint density at radius 2 is 1.97 bits per heavy atom. The maximum absolute atomic E-state index is 12.9. The summed E-state index contributed by atoms with van der Waals surface area (Å²) in [5.74, 6) is 1.43. The zero-order valence-electron chi connectivity index (χ0n) is 16.5. The van der Waals surface area contributed by atoms with Crippen LogP contribution >= 0.6 is 11.6 Å². The largest absolute Gasteiger partial charge is 0.443 e. The summed E-state index contributed by atoms with van der Waals surface area (Å²) in [5, 5.41) is 0.704. The fourth-order valence-corrected chi connectivity index (χ4v) is 4.27. The minimum Gasteiger partial charge on any atom is -0.443 e. The van der Waals surface area contributed by atoms with Crippen LogP contribution in [0.25, 0.3) is 0 Å². The number of amides is 2. The van der Waals surface area contributed by atoms with Crippen molar-refractivity contribution < 1.29 is 14.0 Å². The minimum atomic E-state index is -0.149. The number of aromatic nitrogens is 1. The average molecular weight is 416 g/mol. The van der Waals surface area contributed by atoms with Gasteiger partial charge in [-0.15, -0.1) is 0 Å². The molecule has 0 saturated carbocycles. The molecule has 1 aromatic heterocycles. The van der Waals surface area contributed by atoms with Crippen molar-refractivity contribution in [3.63, 3.8) is 0 Å². The molecule has 1 atom stereocenters. The van der Waals surface area contributed by atoms with Crippen LogP contribution in [0.4, 0.5) is 0 Å². The second-order valence-corrected chi connectivity index (χ2v) is 8.28. The van der Waals surface area contributed by atoms with E-state index >= 15 is 0 Å². The van der Waals surface area contributed by atoms with Gasteiger partial charge >= 0.3 is 0 Å². The van der Waals surface area contributed by atoms with Crippen LogP contribution < -0.4 is 0 Å². The Morgan fingerprint density at radius 1 is 1.14 bits per heavy atom. The van der Waals surface area contributed by atoms with E-state index in [1.54, 1.807) is 11.1 Å². The van der Waals surface area contributed by atoms with Crippen molar-refractivity contribution >= 4 is 23.4 Å². The summed E-state index contributed by atoms with van der Waals surface area (Å²) >= 11 is 5.94. The number of rotatable bonds is 5. The molecule has 0 unspecified atom stereocenters. The minimum absolute atomic E-state index is 0.0137. The fraction of sp³-hybridized carbons (Fsp3) is 0.500. The Balaban J connectivity index is 1.41. The maximum Gasteiger partial charge on any atom is 0.242 e. The van der Waals surface area contributed by atoms with Gasteiger partial charge in [-0.3, -0.25) is 9.59 Å². The quantitative estimate of drug-likeness (QED) is 0.740. The van der Waals surface area contributed by atoms with Crippen LogP contribution in [-0.4, -0.2) is 46.2 Å². The van der Waals surface area contributed by atoms with Crippen molar-refractivity contribution in [2.45, 2.75) is 51.0 Å². The molecule has 2 aliphatic heterocycles. The fourth-order valence-electron chi connectivity index (χ4n) is 4.14. The summed E-state index contributed by atoms with van der Waals surface area (Å²) in [4.78, 5) is 33.2. The highest BCUT2D eigenvalue weighted by atomic mass is 35.5. The molecule has 0 spiro atoms. The van der Waals surface area contributed by atoms with Gasteiger partial charge in [-0.2, -0.15) is 0 Å². The molecule has 2 amide bonds. The molecule has 0 aliphatic carbocycles. The van der Waals surface area contributed by atoms with Gasteiger partial charge in [-0.1, -0.05) is 30.2 Å². The molecule has 4 rings (SSSR count). The van der Waals surface area contributed by atoms with Gasteiger partial charge in [-0.25, -0.2) is 4.98 Å². The van der Waals surface area contributed by atoms with Crippen molar-refractivity contribution in [3.8, 4) is 0 Å². The van der Waals surface area contributed by atoms with Gasteiger partial charge in [0.05, 0.1) is 12.7 Å². The van der Waals surface area contributed by atoms with Gasteiger partial charge < -0.3 is 14.2 Å². The Kier molecular flexibility index (Phi) is 6.19. The van der Waals surface area contributed by atoms with Gasteiger partial charge in [0.1, 0.15) is 11.8 Å². The summed E-state index contributed by atoms with van der Waals surface area (Å²) < 4.78 is 5.99. The molecular weight excluding hydrogens is 390 g/mol. The van der Waals surface area contributed by atoms with Crippen molar-refractivity contribution in [2.75, 3.05) is 19.6 Å². The molecule has 0 bridgehead atoms. The summed E-state index contributed by atoms with van der Waals surface area (Å²) in [6.45, 7) is 1.52. The summed E-state index contributed by atoms with van der Waals surface area (Å²) in [6.07, 6.45) is 7.61. The topological polar surface area (TPSA) is 66.7 Å². The monoisotopic (exact) mass is 415 g/mol. The first-order valence-electron chi connectivity index (χ1n) is 10.4. The Bertz CT molecular complexity index is 864. The van der Waals surface area contributed by atoms with Crippen LogP contribution in [0.15, 0.2) is 34.9 Å². The van der Waals surface area contributed by atoms with Crippen molar-refractivity contribution in [2.24, 2.45) is 0 Å². The molecule has 2 saturated heterocycles. The smallest absolute Gasteiger partial charge is 0.242 e. The lowest BCUT2D eigenvalue weighted by atomic mass is 10.1. The average Bonchev–Trinajstić information content (AvgIpc) is 3.33. The number of oxazole rings is 1. The zero-order chi connectivity index (χ0) is 20.2. The van der Waals surface area contributed by atoms with Gasteiger partial charge in [-0.05, 0) is 43.4 Å². The number of halogens is 1. The number of benzene rings is 1. The van der Waals surface area contributed by atoms with Gasteiger partial charge in [0.2, 0.25) is 17.7 Å². The predicted molar refractivity (Wildman–Crippen MR) is 109 cm³/mol. The number of carbonyl (C=O) groups excluding carboxylic acids is 2. The molecule has 6 nitrogen and oxygen atoms in total. The summed E-state index contributed by atoms with van der Waals surface area (Å²) in [5.41, 5.74) is 1.09. The van der Waals surface area contributed by atoms with Gasteiger partial charge in [0.25, 0.3) is 0 Å². The van der Waals surface area contributed by atoms with E-state index in [9.17, 15) is 9.59 Å². The van der Waals surface area contributed by atoms with Crippen molar-refractivity contribution in [1.82, 2.24) is 14.8 Å². The lowest BCUT2D eigenvalue weighted by Crippen LogP contribution is -2.42. The van der Waals surface area contributed by atoms with E-state index in [4.69, 9.17) is 16.0 Å². The Labute approximate surface area is 175 Å². The van der Waals surface area contributed by atoms with Crippen molar-refractivity contribution in [1.29, 1.82) is 0 Å². The Morgan fingerprint density at radius 3 is 2.79 bits per heavy atom. The highest BCUT2D eigenvalue weighted by Gasteiger charge is 2.34. The highest BCUT2D eigenvalue weighted by molar-refractivity contribution is 6.30. The van der Waals surface area contributed by atoms with Gasteiger partial charge in [0.15, 0.2) is 0 Å². The molecule has 7 heteroatoms. The van der Waals surface area contributed by atoms with Crippen LogP contribution in [0, 0.1) is 0 Å². The highest BCUT2D eigenvalue weighted by Crippen LogP contribution is 2.32. The molecule has 154 valence electrons. The molecule has 3 heterocycles. The van der Waals surface area contributed by atoms with E-state index in [-0.39, 0.29) is 24.4 Å². The number of carbonyl (C=O) groups is 2. The van der Waals surface area contributed by atoms with E-state index < -0.39 is 0 Å². The molecule has 2 aromatic rings. The predicted octanol–water partition coefficient (Wildman–Crippen LogP) is 3.98. The number of hydrogen-bond acceptors (Lipinski definition) is 4. The lowest BCUT2D eigenvalue weighted by molar-refractivity contribution is -0.141. The van der Waals surface area contributed by atoms with E-state index in [2.05, 4.69) is 4.98 Å². The second kappa shape index (κ2) is 8.99. The van der Waals surface area contributed by atoms with Crippen LogP contribution in [0.1, 0.15) is 61.8 Å². The molecule has 29 heavy (non-hydrogen) atoms. The third-order valence-electron chi connectivity index (χ3n) is 5.72. The molecule has 2 fully saturated rings. The molecular formula is C22H26ClN3O3. The number of likely N-dealkylation sites (tertiary alicyclic amines) is 2. The third kappa shape index (κ3) is 4.81. The second-order valence-electron chi connectivity index (χ2n) is 7.84. The van der Waals surface area contributed by atoms with E-state index in [0.717, 1.165) is 43.4 Å². The molecule has 2 aliphatic rings. The Hall–Kier alpha value is -2.34. The molecule has 0 radical (unpaired) electrons. The molecule has 0 N–H and O–H groups in total. The van der Waals surface area contributed by atoms with Crippen LogP contribution in [0.3, 0.4) is 0 Å². The standard InChI is InChI=1S/C22H26ClN3O3/c23-17-9-7-16(8-10-17)13-18-14-24-22(29-18)19-5-4-12-26(19)21(28)15-25-11-3-1-2-6-20(25)27/h7-10,14,19H,1-6,11-13,15H2/t19-/m1/s1. The zero-order valence-corrected chi connectivity index (χ0v) is 17.2. The summed E-state index contributed by atoms with van der Waals surface area (Å²) in [6, 6.07) is 7.50. The van der Waals surface area contributed by atoms with E-state index in [1.807, 2.05) is 29.2 Å².